The maximum atomic E-state index is 13.4. The van der Waals surface area contributed by atoms with Crippen molar-refractivity contribution < 1.29 is 17.2 Å². The second-order valence-electron chi connectivity index (χ2n) is 4.65. The van der Waals surface area contributed by atoms with Crippen LogP contribution in [0.4, 0.5) is 8.78 Å². The Morgan fingerprint density at radius 2 is 1.95 bits per heavy atom. The molecule has 0 spiro atoms. The number of nitrogens with one attached hydrogen (secondary N) is 1. The van der Waals surface area contributed by atoms with Crippen LogP contribution in [0.3, 0.4) is 0 Å². The van der Waals surface area contributed by atoms with Crippen LogP contribution in [0.5, 0.6) is 0 Å². The molecule has 1 unspecified atom stereocenters. The maximum absolute atomic E-state index is 13.4. The van der Waals surface area contributed by atoms with Gasteiger partial charge < -0.3 is 0 Å². The summed E-state index contributed by atoms with van der Waals surface area (Å²) in [7, 11) is -4.01. The Morgan fingerprint density at radius 1 is 1.32 bits per heavy atom. The normalized spacial score (nSPS) is 13.8. The third-order valence-electron chi connectivity index (χ3n) is 2.41. The van der Waals surface area contributed by atoms with Gasteiger partial charge in [-0.05, 0) is 24.5 Å². The number of hydrogen-bond acceptors (Lipinski definition) is 2. The smallest absolute Gasteiger partial charge is 0.210 e. The molecule has 1 rings (SSSR count). The van der Waals surface area contributed by atoms with Crippen LogP contribution in [-0.4, -0.2) is 20.3 Å². The van der Waals surface area contributed by atoms with Crippen molar-refractivity contribution in [3.63, 3.8) is 0 Å². The molecule has 3 nitrogen and oxygen atoms in total. The molecular weight excluding hydrogens is 296 g/mol. The van der Waals surface area contributed by atoms with E-state index in [1.54, 1.807) is 0 Å². The molecule has 1 N–H and O–H groups in total. The van der Waals surface area contributed by atoms with Crippen molar-refractivity contribution in [2.24, 2.45) is 5.92 Å². The zero-order chi connectivity index (χ0) is 14.6. The van der Waals surface area contributed by atoms with E-state index in [2.05, 4.69) is 4.72 Å². The molecule has 0 aliphatic carbocycles. The molecule has 0 fully saturated rings. The van der Waals surface area contributed by atoms with Crippen LogP contribution in [0.2, 0.25) is 0 Å². The minimum absolute atomic E-state index is 0.00111. The molecule has 0 aliphatic heterocycles. The van der Waals surface area contributed by atoms with Crippen molar-refractivity contribution >= 4 is 21.6 Å². The van der Waals surface area contributed by atoms with Gasteiger partial charge in [0.2, 0.25) is 10.0 Å². The predicted octanol–water partition coefficient (Wildman–Crippen LogP) is 2.90. The molecule has 0 amide bonds. The van der Waals surface area contributed by atoms with Gasteiger partial charge in [0.05, 0.1) is 0 Å². The Hall–Kier alpha value is -0.720. The molecule has 1 aromatic rings. The molecule has 1 atom stereocenters. The Bertz CT molecular complexity index is 535. The summed E-state index contributed by atoms with van der Waals surface area (Å²) in [6.45, 7) is 3.92. The summed E-state index contributed by atoms with van der Waals surface area (Å²) >= 11 is 5.95. The molecule has 1 aromatic carbocycles. The highest BCUT2D eigenvalue weighted by molar-refractivity contribution is 7.89. The fraction of sp³-hybridized carbons (Fsp3) is 0.500. The zero-order valence-electron chi connectivity index (χ0n) is 10.7. The number of rotatable bonds is 6. The summed E-state index contributed by atoms with van der Waals surface area (Å²) in [5, 5.41) is -0.377. The van der Waals surface area contributed by atoms with Gasteiger partial charge in [-0.25, -0.2) is 21.9 Å². The van der Waals surface area contributed by atoms with Crippen LogP contribution >= 0.6 is 11.6 Å². The van der Waals surface area contributed by atoms with E-state index in [0.29, 0.717) is 18.4 Å². The molecule has 7 heteroatoms. The van der Waals surface area contributed by atoms with Crippen molar-refractivity contribution in [2.75, 3.05) is 6.54 Å². The van der Waals surface area contributed by atoms with Crippen molar-refractivity contribution in [1.82, 2.24) is 4.72 Å². The molecule has 0 saturated carbocycles. The molecule has 19 heavy (non-hydrogen) atoms. The summed E-state index contributed by atoms with van der Waals surface area (Å²) in [6.07, 6.45) is 0.635. The third-order valence-corrected chi connectivity index (χ3v) is 4.19. The largest absolute Gasteiger partial charge is 0.243 e. The van der Waals surface area contributed by atoms with E-state index >= 15 is 0 Å². The first-order valence-electron chi connectivity index (χ1n) is 5.81. The Morgan fingerprint density at radius 3 is 2.47 bits per heavy atom. The number of halogens is 3. The van der Waals surface area contributed by atoms with Gasteiger partial charge in [-0.15, -0.1) is 11.6 Å². The summed E-state index contributed by atoms with van der Waals surface area (Å²) in [4.78, 5) is -0.581. The zero-order valence-corrected chi connectivity index (χ0v) is 12.2. The average Bonchev–Trinajstić information content (AvgIpc) is 2.25. The lowest BCUT2D eigenvalue weighted by Crippen LogP contribution is -2.31. The first kappa shape index (κ1) is 16.3. The Labute approximate surface area is 117 Å². The summed E-state index contributed by atoms with van der Waals surface area (Å²) in [5.74, 6) is -1.62. The van der Waals surface area contributed by atoms with Crippen LogP contribution in [0.25, 0.3) is 0 Å². The highest BCUT2D eigenvalue weighted by Gasteiger charge is 2.20. The van der Waals surface area contributed by atoms with Crippen LogP contribution in [0, 0.1) is 17.6 Å². The summed E-state index contributed by atoms with van der Waals surface area (Å²) < 4.78 is 52.0. The van der Waals surface area contributed by atoms with Gasteiger partial charge in [0.15, 0.2) is 0 Å². The molecular formula is C12H16ClF2NO2S. The molecule has 0 aliphatic rings. The minimum Gasteiger partial charge on any atom is -0.210 e. The van der Waals surface area contributed by atoms with E-state index in [9.17, 15) is 17.2 Å². The summed E-state index contributed by atoms with van der Waals surface area (Å²) in [5.41, 5.74) is 0. The van der Waals surface area contributed by atoms with Gasteiger partial charge in [-0.1, -0.05) is 13.8 Å². The number of alkyl halides is 1. The predicted molar refractivity (Wildman–Crippen MR) is 70.6 cm³/mol. The van der Waals surface area contributed by atoms with E-state index < -0.39 is 26.6 Å². The van der Waals surface area contributed by atoms with E-state index in [1.807, 2.05) is 13.8 Å². The average molecular weight is 312 g/mol. The lowest BCUT2D eigenvalue weighted by molar-refractivity contribution is 0.531. The maximum Gasteiger partial charge on any atom is 0.243 e. The lowest BCUT2D eigenvalue weighted by Gasteiger charge is -2.13. The summed E-state index contributed by atoms with van der Waals surface area (Å²) in [6, 6.07) is 2.31. The SMILES string of the molecule is CC(C)CC(Cl)CNS(=O)(=O)c1ccc(F)cc1F. The van der Waals surface area contributed by atoms with Crippen molar-refractivity contribution in [1.29, 1.82) is 0 Å². The van der Waals surface area contributed by atoms with Gasteiger partial charge in [0.1, 0.15) is 16.5 Å². The first-order chi connectivity index (χ1) is 8.72. The molecule has 0 radical (unpaired) electrons. The Kier molecular flexibility index (Phi) is 5.70. The topological polar surface area (TPSA) is 46.2 Å². The molecule has 0 aromatic heterocycles. The quantitative estimate of drug-likeness (QED) is 0.821. The van der Waals surface area contributed by atoms with Crippen LogP contribution in [0.15, 0.2) is 23.1 Å². The lowest BCUT2D eigenvalue weighted by atomic mass is 10.1. The van der Waals surface area contributed by atoms with Crippen molar-refractivity contribution in [3.8, 4) is 0 Å². The second kappa shape index (κ2) is 6.63. The molecule has 0 heterocycles. The number of sulfonamides is 1. The van der Waals surface area contributed by atoms with Gasteiger partial charge in [-0.2, -0.15) is 0 Å². The van der Waals surface area contributed by atoms with Crippen LogP contribution in [0.1, 0.15) is 20.3 Å². The van der Waals surface area contributed by atoms with Crippen LogP contribution < -0.4 is 4.72 Å². The molecule has 0 bridgehead atoms. The second-order valence-corrected chi connectivity index (χ2v) is 7.01. The Balaban J connectivity index is 2.76. The van der Waals surface area contributed by atoms with Crippen molar-refractivity contribution in [3.05, 3.63) is 29.8 Å². The van der Waals surface area contributed by atoms with E-state index in [0.717, 1.165) is 12.1 Å². The fourth-order valence-electron chi connectivity index (χ4n) is 1.57. The highest BCUT2D eigenvalue weighted by Crippen LogP contribution is 2.16. The fourth-order valence-corrected chi connectivity index (χ4v) is 3.23. The van der Waals surface area contributed by atoms with E-state index in [4.69, 9.17) is 11.6 Å². The standard InChI is InChI=1S/C12H16ClF2NO2S/c1-8(2)5-9(13)7-16-19(17,18)12-4-3-10(14)6-11(12)15/h3-4,6,8-9,16H,5,7H2,1-2H3. The number of benzene rings is 1. The van der Waals surface area contributed by atoms with Gasteiger partial charge in [-0.3, -0.25) is 0 Å². The van der Waals surface area contributed by atoms with Crippen LogP contribution in [-0.2, 0) is 10.0 Å². The van der Waals surface area contributed by atoms with E-state index in [-0.39, 0.29) is 11.9 Å². The number of hydrogen-bond donors (Lipinski definition) is 1. The highest BCUT2D eigenvalue weighted by atomic mass is 35.5. The van der Waals surface area contributed by atoms with Gasteiger partial charge in [0.25, 0.3) is 0 Å². The third kappa shape index (κ3) is 5.04. The molecule has 108 valence electrons. The molecule has 0 saturated heterocycles. The first-order valence-corrected chi connectivity index (χ1v) is 7.73. The monoisotopic (exact) mass is 311 g/mol. The minimum atomic E-state index is -4.01. The van der Waals surface area contributed by atoms with Gasteiger partial charge >= 0.3 is 0 Å². The van der Waals surface area contributed by atoms with E-state index in [1.165, 1.54) is 0 Å². The van der Waals surface area contributed by atoms with Gasteiger partial charge in [0, 0.05) is 18.0 Å². The van der Waals surface area contributed by atoms with Crippen molar-refractivity contribution in [2.45, 2.75) is 30.5 Å².